The molecule has 0 spiro atoms. The van der Waals surface area contributed by atoms with Gasteiger partial charge in [-0.2, -0.15) is 0 Å². The molecule has 0 amide bonds. The number of hydrogen-bond donors (Lipinski definition) is 2. The summed E-state index contributed by atoms with van der Waals surface area (Å²) in [5.74, 6) is -0.436. The van der Waals surface area contributed by atoms with E-state index < -0.39 is 11.9 Å². The van der Waals surface area contributed by atoms with E-state index in [9.17, 15) is 9.90 Å². The number of fused-ring (bicyclic) bond motifs is 1. The Bertz CT molecular complexity index is 504. The number of benzene rings is 1. The lowest BCUT2D eigenvalue weighted by molar-refractivity contribution is -0.138. The summed E-state index contributed by atoms with van der Waals surface area (Å²) in [6.45, 7) is 3.03. The van der Waals surface area contributed by atoms with Gasteiger partial charge < -0.3 is 20.3 Å². The van der Waals surface area contributed by atoms with Gasteiger partial charge in [0.15, 0.2) is 11.5 Å². The number of ether oxygens (including phenoxy) is 2. The van der Waals surface area contributed by atoms with Crippen LogP contribution in [0.2, 0.25) is 0 Å². The zero-order valence-corrected chi connectivity index (χ0v) is 12.2. The number of carbonyl (C=O) groups is 1. The zero-order valence-electron chi connectivity index (χ0n) is 10.6. The summed E-state index contributed by atoms with van der Waals surface area (Å²) in [4.78, 5) is 11.3. The monoisotopic (exact) mass is 329 g/mol. The van der Waals surface area contributed by atoms with E-state index in [-0.39, 0.29) is 6.54 Å². The molecule has 0 aromatic heterocycles. The third kappa shape index (κ3) is 2.69. The van der Waals surface area contributed by atoms with Gasteiger partial charge in [0.1, 0.15) is 0 Å². The number of carboxylic acid groups (broad SMARTS) is 1. The third-order valence-electron chi connectivity index (χ3n) is 3.16. The summed E-state index contributed by atoms with van der Waals surface area (Å²) in [5.41, 5.74) is 7.00. The standard InChI is InChI=1S/C13H16BrNO4/c1-7-11(8(6-15)13(16)17)9(14)5-10-12(7)19-4-2-3-18-10/h5,8H,2-4,6,15H2,1H3,(H,16,17). The Morgan fingerprint density at radius 2 is 2.21 bits per heavy atom. The molecule has 0 bridgehead atoms. The molecule has 0 saturated carbocycles. The minimum absolute atomic E-state index is 0.0361. The molecule has 1 heterocycles. The first-order valence-electron chi connectivity index (χ1n) is 6.07. The van der Waals surface area contributed by atoms with Crippen molar-refractivity contribution in [1.82, 2.24) is 0 Å². The molecule has 0 saturated heterocycles. The molecule has 0 aliphatic carbocycles. The molecular formula is C13H16BrNO4. The topological polar surface area (TPSA) is 81.8 Å². The fourth-order valence-electron chi connectivity index (χ4n) is 2.22. The SMILES string of the molecule is Cc1c2c(cc(Br)c1C(CN)C(=O)O)OCCCO2. The van der Waals surface area contributed by atoms with Crippen LogP contribution >= 0.6 is 15.9 Å². The Labute approximate surface area is 119 Å². The van der Waals surface area contributed by atoms with Gasteiger partial charge in [-0.05, 0) is 18.6 Å². The van der Waals surface area contributed by atoms with E-state index >= 15 is 0 Å². The molecule has 1 aliphatic heterocycles. The first-order valence-corrected chi connectivity index (χ1v) is 6.87. The van der Waals surface area contributed by atoms with Crippen LogP contribution in [0.5, 0.6) is 11.5 Å². The molecule has 104 valence electrons. The summed E-state index contributed by atoms with van der Waals surface area (Å²) in [5, 5.41) is 9.26. The van der Waals surface area contributed by atoms with E-state index in [1.807, 2.05) is 6.92 Å². The zero-order chi connectivity index (χ0) is 14.0. The molecule has 1 aliphatic rings. The van der Waals surface area contributed by atoms with Crippen molar-refractivity contribution in [2.75, 3.05) is 19.8 Å². The highest BCUT2D eigenvalue weighted by Gasteiger charge is 2.27. The van der Waals surface area contributed by atoms with Crippen LogP contribution in [0.15, 0.2) is 10.5 Å². The molecule has 3 N–H and O–H groups in total. The van der Waals surface area contributed by atoms with Crippen LogP contribution in [0.3, 0.4) is 0 Å². The molecule has 1 unspecified atom stereocenters. The Morgan fingerprint density at radius 3 is 2.84 bits per heavy atom. The number of halogens is 1. The second kappa shape index (κ2) is 5.79. The highest BCUT2D eigenvalue weighted by molar-refractivity contribution is 9.10. The van der Waals surface area contributed by atoms with E-state index in [1.54, 1.807) is 6.07 Å². The Morgan fingerprint density at radius 1 is 1.53 bits per heavy atom. The van der Waals surface area contributed by atoms with Crippen molar-refractivity contribution in [2.45, 2.75) is 19.3 Å². The van der Waals surface area contributed by atoms with Crippen LogP contribution in [-0.4, -0.2) is 30.8 Å². The van der Waals surface area contributed by atoms with Gasteiger partial charge in [-0.15, -0.1) is 0 Å². The van der Waals surface area contributed by atoms with Crippen LogP contribution in [-0.2, 0) is 4.79 Å². The Hall–Kier alpha value is -1.27. The van der Waals surface area contributed by atoms with Crippen LogP contribution in [0.4, 0.5) is 0 Å². The summed E-state index contributed by atoms with van der Waals surface area (Å²) >= 11 is 3.41. The van der Waals surface area contributed by atoms with Gasteiger partial charge in [-0.25, -0.2) is 0 Å². The van der Waals surface area contributed by atoms with Gasteiger partial charge in [0.25, 0.3) is 0 Å². The number of carboxylic acids is 1. The highest BCUT2D eigenvalue weighted by Crippen LogP contribution is 2.42. The number of aliphatic carboxylic acids is 1. The predicted molar refractivity (Wildman–Crippen MR) is 73.9 cm³/mol. The number of hydrogen-bond acceptors (Lipinski definition) is 4. The molecule has 19 heavy (non-hydrogen) atoms. The van der Waals surface area contributed by atoms with E-state index in [2.05, 4.69) is 15.9 Å². The summed E-state index contributed by atoms with van der Waals surface area (Å²) < 4.78 is 12.0. The highest BCUT2D eigenvalue weighted by atomic mass is 79.9. The quantitative estimate of drug-likeness (QED) is 0.886. The lowest BCUT2D eigenvalue weighted by atomic mass is 9.94. The molecular weight excluding hydrogens is 314 g/mol. The fourth-order valence-corrected chi connectivity index (χ4v) is 3.00. The van der Waals surface area contributed by atoms with Crippen molar-refractivity contribution in [3.63, 3.8) is 0 Å². The van der Waals surface area contributed by atoms with Gasteiger partial charge >= 0.3 is 5.97 Å². The van der Waals surface area contributed by atoms with Crippen molar-refractivity contribution >= 4 is 21.9 Å². The van der Waals surface area contributed by atoms with E-state index in [1.165, 1.54) is 0 Å². The second-order valence-corrected chi connectivity index (χ2v) is 5.26. The van der Waals surface area contributed by atoms with E-state index in [4.69, 9.17) is 15.2 Å². The molecule has 0 radical (unpaired) electrons. The second-order valence-electron chi connectivity index (χ2n) is 4.40. The predicted octanol–water partition coefficient (Wildman–Crippen LogP) is 2.05. The van der Waals surface area contributed by atoms with E-state index in [0.29, 0.717) is 34.7 Å². The third-order valence-corrected chi connectivity index (χ3v) is 3.81. The largest absolute Gasteiger partial charge is 0.490 e. The molecule has 5 nitrogen and oxygen atoms in total. The number of nitrogens with two attached hydrogens (primary N) is 1. The molecule has 6 heteroatoms. The summed E-state index contributed by atoms with van der Waals surface area (Å²) in [6, 6.07) is 1.76. The van der Waals surface area contributed by atoms with Gasteiger partial charge in [0, 0.05) is 23.0 Å². The fraction of sp³-hybridized carbons (Fsp3) is 0.462. The minimum atomic E-state index is -0.944. The molecule has 2 rings (SSSR count). The van der Waals surface area contributed by atoms with Crippen molar-refractivity contribution in [3.8, 4) is 11.5 Å². The van der Waals surface area contributed by atoms with Gasteiger partial charge in [-0.3, -0.25) is 4.79 Å². The maximum Gasteiger partial charge on any atom is 0.312 e. The maximum atomic E-state index is 11.3. The smallest absolute Gasteiger partial charge is 0.312 e. The van der Waals surface area contributed by atoms with Gasteiger partial charge in [-0.1, -0.05) is 15.9 Å². The average molecular weight is 330 g/mol. The van der Waals surface area contributed by atoms with Crippen molar-refractivity contribution in [3.05, 3.63) is 21.7 Å². The lowest BCUT2D eigenvalue weighted by Gasteiger charge is -2.19. The van der Waals surface area contributed by atoms with Crippen LogP contribution in [0.1, 0.15) is 23.5 Å². The van der Waals surface area contributed by atoms with Crippen LogP contribution in [0, 0.1) is 6.92 Å². The number of rotatable bonds is 3. The Balaban J connectivity index is 2.56. The first kappa shape index (κ1) is 14.1. The molecule has 0 fully saturated rings. The van der Waals surface area contributed by atoms with Crippen molar-refractivity contribution in [1.29, 1.82) is 0 Å². The summed E-state index contributed by atoms with van der Waals surface area (Å²) in [7, 11) is 0. The van der Waals surface area contributed by atoms with Gasteiger partial charge in [0.05, 0.1) is 19.1 Å². The van der Waals surface area contributed by atoms with Crippen LogP contribution < -0.4 is 15.2 Å². The van der Waals surface area contributed by atoms with Crippen molar-refractivity contribution < 1.29 is 19.4 Å². The molecule has 1 aromatic carbocycles. The summed E-state index contributed by atoms with van der Waals surface area (Å²) in [6.07, 6.45) is 0.806. The minimum Gasteiger partial charge on any atom is -0.490 e. The molecule has 1 aromatic rings. The maximum absolute atomic E-state index is 11.3. The first-order chi connectivity index (χ1) is 9.06. The van der Waals surface area contributed by atoms with Gasteiger partial charge in [0.2, 0.25) is 0 Å². The lowest BCUT2D eigenvalue weighted by Crippen LogP contribution is -2.22. The molecule has 1 atom stereocenters. The van der Waals surface area contributed by atoms with Crippen molar-refractivity contribution in [2.24, 2.45) is 5.73 Å². The van der Waals surface area contributed by atoms with Crippen LogP contribution in [0.25, 0.3) is 0 Å². The van der Waals surface area contributed by atoms with E-state index in [0.717, 1.165) is 12.0 Å². The Kier molecular flexibility index (Phi) is 4.31. The average Bonchev–Trinajstić information content (AvgIpc) is 2.59. The normalized spacial score (nSPS) is 15.7.